The number of fused-ring (bicyclic) bond motifs is 8. The number of anilines is 3. The number of furan rings is 1. The van der Waals surface area contributed by atoms with Crippen molar-refractivity contribution in [3.05, 3.63) is 254 Å². The van der Waals surface area contributed by atoms with E-state index in [9.17, 15) is 6.85 Å². The second kappa shape index (κ2) is 16.0. The third kappa shape index (κ3) is 6.59. The van der Waals surface area contributed by atoms with Gasteiger partial charge in [-0.25, -0.2) is 0 Å². The van der Waals surface area contributed by atoms with E-state index in [1.54, 1.807) is 4.90 Å². The number of rotatable bonds is 8. The Balaban J connectivity index is 1.04. The molecule has 2 heterocycles. The minimum atomic E-state index is -0.689. The van der Waals surface area contributed by atoms with Crippen molar-refractivity contribution in [2.45, 2.75) is 0 Å². The average molecular weight is 868 g/mol. The summed E-state index contributed by atoms with van der Waals surface area (Å²) in [6.45, 7) is 0. The van der Waals surface area contributed by atoms with Crippen LogP contribution < -0.4 is 4.90 Å². The third-order valence-electron chi connectivity index (χ3n) is 12.4. The fraction of sp³-hybridized carbons (Fsp3) is 0. The molecule has 0 saturated heterocycles. The maximum atomic E-state index is 9.99. The minimum absolute atomic E-state index is 0.139. The van der Waals surface area contributed by atoms with Crippen molar-refractivity contribution in [3.63, 3.8) is 0 Å². The molecule has 0 radical (unpaired) electrons. The van der Waals surface area contributed by atoms with Crippen LogP contribution in [-0.4, -0.2) is 4.57 Å². The summed E-state index contributed by atoms with van der Waals surface area (Å²) in [5, 5.41) is 1.24. The number of hydrogen-bond acceptors (Lipinski definition) is 2. The molecule has 314 valence electrons. The van der Waals surface area contributed by atoms with Crippen LogP contribution in [0, 0.1) is 0 Å². The zero-order chi connectivity index (χ0) is 55.6. The number of para-hydroxylation sites is 3. The molecule has 0 spiro atoms. The summed E-state index contributed by atoms with van der Waals surface area (Å²) >= 11 is 0. The summed E-state index contributed by atoms with van der Waals surface area (Å²) in [4.78, 5) is 1.70. The topological polar surface area (TPSA) is 21.3 Å². The fourth-order valence-corrected chi connectivity index (χ4v) is 9.26. The van der Waals surface area contributed by atoms with Crippen LogP contribution in [0.4, 0.5) is 17.1 Å². The molecule has 0 aliphatic rings. The lowest BCUT2D eigenvalue weighted by molar-refractivity contribution is 0.674. The molecule has 0 unspecified atom stereocenters. The van der Waals surface area contributed by atoms with Crippen LogP contribution in [0.25, 0.3) is 105 Å². The highest BCUT2D eigenvalue weighted by Gasteiger charge is 2.21. The van der Waals surface area contributed by atoms with Crippen molar-refractivity contribution < 1.29 is 22.2 Å². The largest absolute Gasteiger partial charge is 0.455 e. The first kappa shape index (κ1) is 27.4. The van der Waals surface area contributed by atoms with Crippen LogP contribution in [0.15, 0.2) is 259 Å². The highest BCUT2D eigenvalue weighted by molar-refractivity contribution is 6.17. The monoisotopic (exact) mass is 867 g/mol. The molecule has 67 heavy (non-hydrogen) atoms. The minimum Gasteiger partial charge on any atom is -0.455 e. The zero-order valence-electron chi connectivity index (χ0n) is 48.5. The molecular weight excluding hydrogens is 813 g/mol. The highest BCUT2D eigenvalue weighted by Crippen LogP contribution is 2.45. The Hall–Kier alpha value is -8.92. The lowest BCUT2D eigenvalue weighted by Crippen LogP contribution is -2.11. The Labute approximate surface area is 406 Å². The van der Waals surface area contributed by atoms with Gasteiger partial charge in [-0.3, -0.25) is 0 Å². The van der Waals surface area contributed by atoms with Gasteiger partial charge in [0.1, 0.15) is 11.2 Å². The zero-order valence-corrected chi connectivity index (χ0v) is 35.5. The molecule has 11 aromatic carbocycles. The second-order valence-electron chi connectivity index (χ2n) is 16.3. The lowest BCUT2D eigenvalue weighted by atomic mass is 9.96. The summed E-state index contributed by atoms with van der Waals surface area (Å²) in [7, 11) is 0. The van der Waals surface area contributed by atoms with E-state index in [-0.39, 0.29) is 38.4 Å². The smallest absolute Gasteiger partial charge is 0.143 e. The summed E-state index contributed by atoms with van der Waals surface area (Å²) < 4.78 is 128. The van der Waals surface area contributed by atoms with Crippen molar-refractivity contribution >= 4 is 71.6 Å². The van der Waals surface area contributed by atoms with Gasteiger partial charge in [-0.1, -0.05) is 188 Å². The van der Waals surface area contributed by atoms with Crippen molar-refractivity contribution in [3.8, 4) is 50.2 Å². The van der Waals surface area contributed by atoms with Crippen LogP contribution in [0.2, 0.25) is 0 Å². The summed E-state index contributed by atoms with van der Waals surface area (Å²) in [5.74, 6) is 0. The van der Waals surface area contributed by atoms with E-state index in [4.69, 9.17) is 15.4 Å². The SMILES string of the molecule is [2H]c1c([2H])c(N(c2ccc(-c3cccc(-n4c5ccccc5c5ccccc54)c3)cc2)c2ccc(-c3ccccc3)cc2-c2ccccc2)c([2H])c([2H])c1-c1c([2H])c([2H])c([2H])c2c1oc1c3c([2H])c([2H])c([2H])c([2H])c3c([2H])c([2H])c12. The van der Waals surface area contributed by atoms with E-state index in [1.807, 2.05) is 140 Å². The summed E-state index contributed by atoms with van der Waals surface area (Å²) in [6, 6.07) is 50.1. The van der Waals surface area contributed by atoms with E-state index in [2.05, 4.69) is 41.0 Å². The van der Waals surface area contributed by atoms with Gasteiger partial charge in [0, 0.05) is 55.1 Å². The predicted octanol–water partition coefficient (Wildman–Crippen LogP) is 18.0. The molecule has 3 nitrogen and oxygen atoms in total. The van der Waals surface area contributed by atoms with Gasteiger partial charge in [0.2, 0.25) is 0 Å². The molecule has 0 aliphatic carbocycles. The van der Waals surface area contributed by atoms with Gasteiger partial charge in [0.15, 0.2) is 0 Å². The van der Waals surface area contributed by atoms with Gasteiger partial charge < -0.3 is 13.9 Å². The molecule has 0 atom stereocenters. The molecule has 0 aliphatic heterocycles. The Morgan fingerprint density at radius 2 is 0.970 bits per heavy atom. The average Bonchev–Trinajstić information content (AvgIpc) is 4.27. The molecule has 3 heteroatoms. The first-order valence-corrected chi connectivity index (χ1v) is 21.9. The van der Waals surface area contributed by atoms with Gasteiger partial charge in [0.25, 0.3) is 0 Å². The van der Waals surface area contributed by atoms with Crippen molar-refractivity contribution in [1.82, 2.24) is 4.57 Å². The predicted molar refractivity (Wildman–Crippen MR) is 282 cm³/mol. The first-order chi connectivity index (χ1) is 38.7. The highest BCUT2D eigenvalue weighted by atomic mass is 16.3. The molecule has 13 rings (SSSR count). The Morgan fingerprint density at radius 1 is 0.358 bits per heavy atom. The quantitative estimate of drug-likeness (QED) is 0.152. The number of aromatic nitrogens is 1. The fourth-order valence-electron chi connectivity index (χ4n) is 9.26. The van der Waals surface area contributed by atoms with Crippen molar-refractivity contribution in [1.29, 1.82) is 0 Å². The van der Waals surface area contributed by atoms with Gasteiger partial charge in [-0.05, 0) is 105 Å². The summed E-state index contributed by atoms with van der Waals surface area (Å²) in [5.41, 5.74) is 7.62. The normalized spacial score (nSPS) is 14.3. The molecule has 0 fully saturated rings. The Morgan fingerprint density at radius 3 is 1.73 bits per heavy atom. The second-order valence-corrected chi connectivity index (χ2v) is 16.3. The van der Waals surface area contributed by atoms with E-state index in [0.29, 0.717) is 16.9 Å². The van der Waals surface area contributed by atoms with E-state index >= 15 is 0 Å². The number of nitrogens with zero attached hydrogens (tertiary/aromatic N) is 2. The van der Waals surface area contributed by atoms with E-state index < -0.39 is 89.7 Å². The van der Waals surface area contributed by atoms with Gasteiger partial charge in [0.05, 0.1) is 34.5 Å². The Kier molecular flexibility index (Phi) is 6.53. The summed E-state index contributed by atoms with van der Waals surface area (Å²) in [6.07, 6.45) is 0. The maximum absolute atomic E-state index is 9.99. The standard InChI is InChI=1S/C64H42N2O/c1-3-15-43(16-4-1)49-34-40-62(59(42-49)45-17-5-2-6-18-45)65(51-37-31-47(32-38-51)54-25-14-26-57-58-39-33-46-19-7-8-22-53(46)64(58)67-63(54)57)50-35-29-44(30-36-50)48-20-13-21-52(41-48)66-60-27-11-9-23-55(60)56-24-10-12-28-61(56)66/h1-42H/i7D,8D,14D,19D,22D,25D,26D,31D,32D,33D,37D,38D,39D. The third-order valence-corrected chi connectivity index (χ3v) is 12.4. The first-order valence-electron chi connectivity index (χ1n) is 28.4. The van der Waals surface area contributed by atoms with Crippen LogP contribution in [0.3, 0.4) is 0 Å². The molecule has 0 amide bonds. The Bertz CT molecular complexity index is 4670. The van der Waals surface area contributed by atoms with Crippen LogP contribution in [0.5, 0.6) is 0 Å². The molecule has 0 N–H and O–H groups in total. The maximum Gasteiger partial charge on any atom is 0.143 e. The van der Waals surface area contributed by atoms with Crippen LogP contribution >= 0.6 is 0 Å². The van der Waals surface area contributed by atoms with Crippen molar-refractivity contribution in [2.75, 3.05) is 4.90 Å². The lowest BCUT2D eigenvalue weighted by Gasteiger charge is -2.29. The molecule has 13 aromatic rings. The van der Waals surface area contributed by atoms with Crippen LogP contribution in [-0.2, 0) is 0 Å². The molecule has 0 bridgehead atoms. The molecule has 2 aromatic heterocycles. The molecular formula is C64H42N2O. The number of hydrogen-bond donors (Lipinski definition) is 0. The van der Waals surface area contributed by atoms with Crippen LogP contribution in [0.1, 0.15) is 17.8 Å². The van der Waals surface area contributed by atoms with E-state index in [1.165, 1.54) is 0 Å². The van der Waals surface area contributed by atoms with Gasteiger partial charge in [-0.2, -0.15) is 0 Å². The van der Waals surface area contributed by atoms with Gasteiger partial charge >= 0.3 is 0 Å². The molecule has 0 saturated carbocycles. The van der Waals surface area contributed by atoms with Gasteiger partial charge in [-0.15, -0.1) is 0 Å². The van der Waals surface area contributed by atoms with E-state index in [0.717, 1.165) is 55.3 Å². The number of benzene rings is 11. The van der Waals surface area contributed by atoms with Crippen molar-refractivity contribution in [2.24, 2.45) is 0 Å².